The van der Waals surface area contributed by atoms with Gasteiger partial charge in [0.15, 0.2) is 0 Å². The molecule has 0 saturated heterocycles. The molecule has 84 valence electrons. The number of hydrogen-bond donors (Lipinski definition) is 1. The summed E-state index contributed by atoms with van der Waals surface area (Å²) in [5, 5.41) is 5.02. The summed E-state index contributed by atoms with van der Waals surface area (Å²) in [6.45, 7) is 4.24. The number of rotatable bonds is 3. The Morgan fingerprint density at radius 3 is 2.67 bits per heavy atom. The number of nitrogens with two attached hydrogens (primary N) is 1. The standard InChI is InChI=1S/C11H18ClN3/c1-6-4-8(6)10(13)5-9-7(2)14-15(3)11(9)12/h6,8,10H,4-5,13H2,1-3H3. The van der Waals surface area contributed by atoms with Crippen molar-refractivity contribution in [1.29, 1.82) is 0 Å². The molecule has 3 atom stereocenters. The average molecular weight is 228 g/mol. The van der Waals surface area contributed by atoms with Crippen LogP contribution < -0.4 is 5.73 Å². The molecule has 0 radical (unpaired) electrons. The number of aryl methyl sites for hydroxylation is 2. The van der Waals surface area contributed by atoms with Crippen LogP contribution in [0.5, 0.6) is 0 Å². The minimum Gasteiger partial charge on any atom is -0.327 e. The zero-order valence-electron chi connectivity index (χ0n) is 9.50. The number of halogens is 1. The van der Waals surface area contributed by atoms with Gasteiger partial charge in [-0.1, -0.05) is 18.5 Å². The Labute approximate surface area is 95.6 Å². The third kappa shape index (κ3) is 2.04. The van der Waals surface area contributed by atoms with E-state index in [1.807, 2.05) is 14.0 Å². The summed E-state index contributed by atoms with van der Waals surface area (Å²) in [7, 11) is 1.87. The molecule has 0 bridgehead atoms. The largest absolute Gasteiger partial charge is 0.327 e. The second-order valence-corrected chi connectivity index (χ2v) is 5.08. The molecule has 0 aliphatic heterocycles. The molecular weight excluding hydrogens is 210 g/mol. The predicted octanol–water partition coefficient (Wildman–Crippen LogP) is 1.91. The van der Waals surface area contributed by atoms with E-state index >= 15 is 0 Å². The highest BCUT2D eigenvalue weighted by Gasteiger charge is 2.38. The van der Waals surface area contributed by atoms with Gasteiger partial charge in [-0.2, -0.15) is 5.10 Å². The average Bonchev–Trinajstić information content (AvgIpc) is 2.84. The van der Waals surface area contributed by atoms with Gasteiger partial charge in [0.05, 0.1) is 5.69 Å². The first-order valence-corrected chi connectivity index (χ1v) is 5.82. The van der Waals surface area contributed by atoms with Gasteiger partial charge in [-0.3, -0.25) is 4.68 Å². The molecule has 1 aromatic rings. The second kappa shape index (κ2) is 3.80. The molecule has 1 aliphatic carbocycles. The minimum atomic E-state index is 0.236. The first-order valence-electron chi connectivity index (χ1n) is 5.44. The molecule has 2 N–H and O–H groups in total. The van der Waals surface area contributed by atoms with E-state index in [-0.39, 0.29) is 6.04 Å². The van der Waals surface area contributed by atoms with Crippen LogP contribution in [-0.2, 0) is 13.5 Å². The second-order valence-electron chi connectivity index (χ2n) is 4.72. The van der Waals surface area contributed by atoms with Crippen molar-refractivity contribution in [1.82, 2.24) is 9.78 Å². The zero-order chi connectivity index (χ0) is 11.2. The fourth-order valence-electron chi connectivity index (χ4n) is 2.24. The molecule has 15 heavy (non-hydrogen) atoms. The maximum atomic E-state index is 6.16. The predicted molar refractivity (Wildman–Crippen MR) is 61.9 cm³/mol. The third-order valence-electron chi connectivity index (χ3n) is 3.43. The Morgan fingerprint density at radius 2 is 2.27 bits per heavy atom. The monoisotopic (exact) mass is 227 g/mol. The lowest BCUT2D eigenvalue weighted by Crippen LogP contribution is -2.26. The van der Waals surface area contributed by atoms with Crippen LogP contribution in [-0.4, -0.2) is 15.8 Å². The van der Waals surface area contributed by atoms with Gasteiger partial charge in [-0.15, -0.1) is 0 Å². The van der Waals surface area contributed by atoms with Crippen LogP contribution >= 0.6 is 11.6 Å². The zero-order valence-corrected chi connectivity index (χ0v) is 10.3. The molecule has 3 unspecified atom stereocenters. The van der Waals surface area contributed by atoms with Crippen LogP contribution in [0.25, 0.3) is 0 Å². The Bertz CT molecular complexity index is 372. The van der Waals surface area contributed by atoms with E-state index in [9.17, 15) is 0 Å². The fraction of sp³-hybridized carbons (Fsp3) is 0.727. The van der Waals surface area contributed by atoms with Crippen molar-refractivity contribution < 1.29 is 0 Å². The van der Waals surface area contributed by atoms with Gasteiger partial charge in [0, 0.05) is 18.7 Å². The molecule has 1 aliphatic rings. The minimum absolute atomic E-state index is 0.236. The van der Waals surface area contributed by atoms with E-state index in [0.717, 1.165) is 28.7 Å². The molecule has 1 aromatic heterocycles. The molecule has 2 rings (SSSR count). The highest BCUT2D eigenvalue weighted by Crippen LogP contribution is 2.41. The van der Waals surface area contributed by atoms with Crippen LogP contribution in [0.2, 0.25) is 5.15 Å². The van der Waals surface area contributed by atoms with Crippen LogP contribution in [0.1, 0.15) is 24.6 Å². The molecule has 1 heterocycles. The van der Waals surface area contributed by atoms with Crippen molar-refractivity contribution in [2.45, 2.75) is 32.7 Å². The summed E-state index contributed by atoms with van der Waals surface area (Å²) in [5.74, 6) is 1.47. The van der Waals surface area contributed by atoms with Crippen molar-refractivity contribution in [2.75, 3.05) is 0 Å². The molecule has 3 nitrogen and oxygen atoms in total. The van der Waals surface area contributed by atoms with Crippen LogP contribution in [0.3, 0.4) is 0 Å². The summed E-state index contributed by atoms with van der Waals surface area (Å²) in [6, 6.07) is 0.236. The van der Waals surface area contributed by atoms with Crippen LogP contribution in [0.4, 0.5) is 0 Å². The van der Waals surface area contributed by atoms with Gasteiger partial charge in [0.2, 0.25) is 0 Å². The smallest absolute Gasteiger partial charge is 0.130 e. The van der Waals surface area contributed by atoms with Gasteiger partial charge in [-0.25, -0.2) is 0 Å². The van der Waals surface area contributed by atoms with E-state index in [1.165, 1.54) is 6.42 Å². The van der Waals surface area contributed by atoms with E-state index in [4.69, 9.17) is 17.3 Å². The van der Waals surface area contributed by atoms with Gasteiger partial charge >= 0.3 is 0 Å². The van der Waals surface area contributed by atoms with Gasteiger partial charge in [0.1, 0.15) is 5.15 Å². The first kappa shape index (κ1) is 11.0. The molecular formula is C11H18ClN3. The number of nitrogens with zero attached hydrogens (tertiary/aromatic N) is 2. The van der Waals surface area contributed by atoms with E-state index < -0.39 is 0 Å². The van der Waals surface area contributed by atoms with E-state index in [1.54, 1.807) is 4.68 Å². The molecule has 0 spiro atoms. The summed E-state index contributed by atoms with van der Waals surface area (Å²) < 4.78 is 1.72. The maximum absolute atomic E-state index is 6.16. The summed E-state index contributed by atoms with van der Waals surface area (Å²) in [5.41, 5.74) is 8.28. The molecule has 1 fully saturated rings. The number of aromatic nitrogens is 2. The van der Waals surface area contributed by atoms with Gasteiger partial charge in [-0.05, 0) is 31.6 Å². The molecule has 4 heteroatoms. The Hall–Kier alpha value is -0.540. The lowest BCUT2D eigenvalue weighted by molar-refractivity contribution is 0.559. The summed E-state index contributed by atoms with van der Waals surface area (Å²) >= 11 is 6.16. The van der Waals surface area contributed by atoms with Crippen LogP contribution in [0, 0.1) is 18.8 Å². The summed E-state index contributed by atoms with van der Waals surface area (Å²) in [4.78, 5) is 0. The van der Waals surface area contributed by atoms with Gasteiger partial charge < -0.3 is 5.73 Å². The summed E-state index contributed by atoms with van der Waals surface area (Å²) in [6.07, 6.45) is 2.12. The highest BCUT2D eigenvalue weighted by molar-refractivity contribution is 6.30. The Kier molecular flexibility index (Phi) is 2.77. The van der Waals surface area contributed by atoms with E-state index in [0.29, 0.717) is 5.92 Å². The van der Waals surface area contributed by atoms with Crippen LogP contribution in [0.15, 0.2) is 0 Å². The lowest BCUT2D eigenvalue weighted by Gasteiger charge is -2.10. The van der Waals surface area contributed by atoms with Crippen molar-refractivity contribution in [3.05, 3.63) is 16.4 Å². The fourth-order valence-corrected chi connectivity index (χ4v) is 2.49. The normalized spacial score (nSPS) is 26.7. The van der Waals surface area contributed by atoms with Crippen molar-refractivity contribution in [3.8, 4) is 0 Å². The Morgan fingerprint density at radius 1 is 1.67 bits per heavy atom. The van der Waals surface area contributed by atoms with Crippen molar-refractivity contribution >= 4 is 11.6 Å². The molecule has 0 aromatic carbocycles. The van der Waals surface area contributed by atoms with Gasteiger partial charge in [0.25, 0.3) is 0 Å². The van der Waals surface area contributed by atoms with Crippen molar-refractivity contribution in [3.63, 3.8) is 0 Å². The quantitative estimate of drug-likeness (QED) is 0.858. The van der Waals surface area contributed by atoms with Crippen molar-refractivity contribution in [2.24, 2.45) is 24.6 Å². The third-order valence-corrected chi connectivity index (χ3v) is 3.90. The maximum Gasteiger partial charge on any atom is 0.130 e. The first-order chi connectivity index (χ1) is 7.00. The highest BCUT2D eigenvalue weighted by atomic mass is 35.5. The number of hydrogen-bond acceptors (Lipinski definition) is 2. The lowest BCUT2D eigenvalue weighted by atomic mass is 10.0. The topological polar surface area (TPSA) is 43.8 Å². The van der Waals surface area contributed by atoms with E-state index in [2.05, 4.69) is 12.0 Å². The molecule has 1 saturated carbocycles. The SMILES string of the molecule is Cc1nn(C)c(Cl)c1CC(N)C1CC1C. The Balaban J connectivity index is 2.10. The molecule has 0 amide bonds.